The molecule has 0 aliphatic rings. The van der Waals surface area contributed by atoms with Crippen molar-refractivity contribution in [2.75, 3.05) is 14.2 Å². The van der Waals surface area contributed by atoms with Crippen molar-refractivity contribution in [3.8, 4) is 22.6 Å². The predicted octanol–water partition coefficient (Wildman–Crippen LogP) is 3.14. The van der Waals surface area contributed by atoms with Crippen LogP contribution in [-0.2, 0) is 6.54 Å². The number of benzene rings is 2. The van der Waals surface area contributed by atoms with Crippen LogP contribution in [0.3, 0.4) is 0 Å². The van der Waals surface area contributed by atoms with E-state index in [0.29, 0.717) is 6.54 Å². The molecule has 0 radical (unpaired) electrons. The molecule has 0 aromatic heterocycles. The summed E-state index contributed by atoms with van der Waals surface area (Å²) in [5.41, 5.74) is 10.2. The number of ether oxygens (including phenoxy) is 2. The number of aryl methyl sites for hydroxylation is 1. The average molecular weight is 257 g/mol. The predicted molar refractivity (Wildman–Crippen MR) is 77.6 cm³/mol. The van der Waals surface area contributed by atoms with Crippen molar-refractivity contribution < 1.29 is 9.47 Å². The molecule has 0 unspecified atom stereocenters. The number of hydrogen-bond donors (Lipinski definition) is 1. The number of methoxy groups -OCH3 is 2. The normalized spacial score (nSPS) is 10.3. The fourth-order valence-corrected chi connectivity index (χ4v) is 2.14. The van der Waals surface area contributed by atoms with Crippen LogP contribution < -0.4 is 15.2 Å². The quantitative estimate of drug-likeness (QED) is 0.915. The van der Waals surface area contributed by atoms with Gasteiger partial charge in [-0.15, -0.1) is 0 Å². The molecule has 0 aliphatic heterocycles. The molecule has 19 heavy (non-hydrogen) atoms. The topological polar surface area (TPSA) is 44.5 Å². The summed E-state index contributed by atoms with van der Waals surface area (Å²) >= 11 is 0. The maximum Gasteiger partial charge on any atom is 0.123 e. The van der Waals surface area contributed by atoms with Gasteiger partial charge in [0.05, 0.1) is 14.2 Å². The minimum absolute atomic E-state index is 0.558. The highest BCUT2D eigenvalue weighted by atomic mass is 16.5. The fraction of sp³-hybridized carbons (Fsp3) is 0.250. The molecular formula is C16H19NO2. The molecule has 2 aromatic rings. The van der Waals surface area contributed by atoms with Crippen LogP contribution in [0.15, 0.2) is 36.4 Å². The van der Waals surface area contributed by atoms with Crippen LogP contribution >= 0.6 is 0 Å². The van der Waals surface area contributed by atoms with Gasteiger partial charge in [-0.1, -0.05) is 18.2 Å². The molecule has 0 bridgehead atoms. The van der Waals surface area contributed by atoms with Gasteiger partial charge in [-0.25, -0.2) is 0 Å². The fourth-order valence-electron chi connectivity index (χ4n) is 2.14. The van der Waals surface area contributed by atoms with Gasteiger partial charge in [0.15, 0.2) is 0 Å². The first kappa shape index (κ1) is 13.4. The molecule has 2 N–H and O–H groups in total. The Bertz CT molecular complexity index is 557. The van der Waals surface area contributed by atoms with Crippen LogP contribution in [-0.4, -0.2) is 14.2 Å². The highest BCUT2D eigenvalue weighted by Gasteiger charge is 2.07. The largest absolute Gasteiger partial charge is 0.497 e. The zero-order valence-corrected chi connectivity index (χ0v) is 11.6. The summed E-state index contributed by atoms with van der Waals surface area (Å²) in [7, 11) is 3.31. The molecule has 0 heterocycles. The molecule has 0 atom stereocenters. The Morgan fingerprint density at radius 1 is 0.947 bits per heavy atom. The van der Waals surface area contributed by atoms with E-state index in [-0.39, 0.29) is 0 Å². The first-order chi connectivity index (χ1) is 9.17. The van der Waals surface area contributed by atoms with Crippen LogP contribution in [0.5, 0.6) is 11.5 Å². The lowest BCUT2D eigenvalue weighted by atomic mass is 9.98. The highest BCUT2D eigenvalue weighted by Crippen LogP contribution is 2.31. The molecular weight excluding hydrogens is 238 g/mol. The minimum Gasteiger partial charge on any atom is -0.497 e. The SMILES string of the molecule is COc1cc(OC)cc(-c2ccc(CN)cc2C)c1. The van der Waals surface area contributed by atoms with Crippen molar-refractivity contribution >= 4 is 0 Å². The molecule has 2 rings (SSSR count). The van der Waals surface area contributed by atoms with Gasteiger partial charge in [0.2, 0.25) is 0 Å². The Balaban J connectivity index is 2.51. The van der Waals surface area contributed by atoms with E-state index in [1.165, 1.54) is 5.56 Å². The van der Waals surface area contributed by atoms with Gasteiger partial charge >= 0.3 is 0 Å². The summed E-state index contributed by atoms with van der Waals surface area (Å²) in [6.45, 7) is 2.64. The first-order valence-electron chi connectivity index (χ1n) is 6.21. The number of rotatable bonds is 4. The molecule has 0 saturated carbocycles. The second-order valence-corrected chi connectivity index (χ2v) is 4.45. The van der Waals surface area contributed by atoms with E-state index in [2.05, 4.69) is 19.1 Å². The van der Waals surface area contributed by atoms with E-state index >= 15 is 0 Å². The summed E-state index contributed by atoms with van der Waals surface area (Å²) in [5, 5.41) is 0. The Morgan fingerprint density at radius 2 is 1.58 bits per heavy atom. The summed E-state index contributed by atoms with van der Waals surface area (Å²) in [6.07, 6.45) is 0. The second kappa shape index (κ2) is 5.76. The van der Waals surface area contributed by atoms with Gasteiger partial charge in [0.1, 0.15) is 11.5 Å². The monoisotopic (exact) mass is 257 g/mol. The van der Waals surface area contributed by atoms with Crippen LogP contribution in [0.25, 0.3) is 11.1 Å². The lowest BCUT2D eigenvalue weighted by molar-refractivity contribution is 0.394. The minimum atomic E-state index is 0.558. The molecule has 0 saturated heterocycles. The van der Waals surface area contributed by atoms with Crippen molar-refractivity contribution in [1.29, 1.82) is 0 Å². The molecule has 0 spiro atoms. The number of hydrogen-bond acceptors (Lipinski definition) is 3. The van der Waals surface area contributed by atoms with E-state index in [0.717, 1.165) is 28.2 Å². The standard InChI is InChI=1S/C16H19NO2/c1-11-6-12(10-17)4-5-16(11)13-7-14(18-2)9-15(8-13)19-3/h4-9H,10,17H2,1-3H3. The zero-order chi connectivity index (χ0) is 13.8. The summed E-state index contributed by atoms with van der Waals surface area (Å²) in [5.74, 6) is 1.58. The first-order valence-corrected chi connectivity index (χ1v) is 6.21. The van der Waals surface area contributed by atoms with Crippen molar-refractivity contribution in [3.63, 3.8) is 0 Å². The molecule has 3 heteroatoms. The van der Waals surface area contributed by atoms with E-state index < -0.39 is 0 Å². The third kappa shape index (κ3) is 2.88. The Labute approximate surface area is 114 Å². The molecule has 3 nitrogen and oxygen atoms in total. The molecule has 0 fully saturated rings. The second-order valence-electron chi connectivity index (χ2n) is 4.45. The zero-order valence-electron chi connectivity index (χ0n) is 11.6. The van der Waals surface area contributed by atoms with Gasteiger partial charge in [0, 0.05) is 12.6 Å². The van der Waals surface area contributed by atoms with Crippen molar-refractivity contribution in [1.82, 2.24) is 0 Å². The number of nitrogens with two attached hydrogens (primary N) is 1. The summed E-state index contributed by atoms with van der Waals surface area (Å²) < 4.78 is 10.6. The lowest BCUT2D eigenvalue weighted by Crippen LogP contribution is -1.97. The highest BCUT2D eigenvalue weighted by molar-refractivity contribution is 5.70. The van der Waals surface area contributed by atoms with Crippen molar-refractivity contribution in [3.05, 3.63) is 47.5 Å². The third-order valence-electron chi connectivity index (χ3n) is 3.19. The third-order valence-corrected chi connectivity index (χ3v) is 3.19. The van der Waals surface area contributed by atoms with Crippen LogP contribution in [0, 0.1) is 6.92 Å². The van der Waals surface area contributed by atoms with E-state index in [1.54, 1.807) is 14.2 Å². The van der Waals surface area contributed by atoms with E-state index in [1.807, 2.05) is 24.3 Å². The van der Waals surface area contributed by atoms with E-state index in [9.17, 15) is 0 Å². The van der Waals surface area contributed by atoms with Crippen LogP contribution in [0.1, 0.15) is 11.1 Å². The van der Waals surface area contributed by atoms with Crippen molar-refractivity contribution in [2.24, 2.45) is 5.73 Å². The van der Waals surface area contributed by atoms with E-state index in [4.69, 9.17) is 15.2 Å². The van der Waals surface area contributed by atoms with Gasteiger partial charge < -0.3 is 15.2 Å². The maximum absolute atomic E-state index is 5.66. The van der Waals surface area contributed by atoms with Gasteiger partial charge in [0.25, 0.3) is 0 Å². The summed E-state index contributed by atoms with van der Waals surface area (Å²) in [4.78, 5) is 0. The Hall–Kier alpha value is -2.00. The Morgan fingerprint density at radius 3 is 2.05 bits per heavy atom. The van der Waals surface area contributed by atoms with Gasteiger partial charge in [-0.3, -0.25) is 0 Å². The van der Waals surface area contributed by atoms with Gasteiger partial charge in [-0.05, 0) is 41.3 Å². The van der Waals surface area contributed by atoms with Crippen molar-refractivity contribution in [2.45, 2.75) is 13.5 Å². The molecule has 100 valence electrons. The summed E-state index contributed by atoms with van der Waals surface area (Å²) in [6, 6.07) is 12.1. The smallest absolute Gasteiger partial charge is 0.123 e. The average Bonchev–Trinajstić information content (AvgIpc) is 2.46. The van der Waals surface area contributed by atoms with Crippen LogP contribution in [0.2, 0.25) is 0 Å². The van der Waals surface area contributed by atoms with Gasteiger partial charge in [-0.2, -0.15) is 0 Å². The molecule has 2 aromatic carbocycles. The Kier molecular flexibility index (Phi) is 4.07. The molecule has 0 amide bonds. The maximum atomic E-state index is 5.66. The molecule has 0 aliphatic carbocycles. The lowest BCUT2D eigenvalue weighted by Gasteiger charge is -2.11. The van der Waals surface area contributed by atoms with Crippen LogP contribution in [0.4, 0.5) is 0 Å².